The first-order valence-corrected chi connectivity index (χ1v) is 7.13. The van der Waals surface area contributed by atoms with Gasteiger partial charge >= 0.3 is 0 Å². The standard InChI is InChI=1S/C14H26N2O/c1-10(2)13-14(17)16(9-15-13)12-6-4-5-11(3)7-8-12/h10-13,15H,4-9H2,1-3H3. The minimum absolute atomic E-state index is 0.0516. The van der Waals surface area contributed by atoms with Gasteiger partial charge in [0.15, 0.2) is 0 Å². The summed E-state index contributed by atoms with van der Waals surface area (Å²) < 4.78 is 0. The molecule has 0 aromatic carbocycles. The van der Waals surface area contributed by atoms with E-state index in [2.05, 4.69) is 31.0 Å². The quantitative estimate of drug-likeness (QED) is 0.749. The van der Waals surface area contributed by atoms with Crippen molar-refractivity contribution in [2.45, 2.75) is 65.0 Å². The number of rotatable bonds is 2. The fourth-order valence-electron chi connectivity index (χ4n) is 3.15. The predicted molar refractivity (Wildman–Crippen MR) is 69.5 cm³/mol. The van der Waals surface area contributed by atoms with Crippen molar-refractivity contribution in [2.24, 2.45) is 11.8 Å². The number of nitrogens with one attached hydrogen (secondary N) is 1. The molecule has 1 N–H and O–H groups in total. The zero-order valence-electron chi connectivity index (χ0n) is 11.4. The highest BCUT2D eigenvalue weighted by molar-refractivity contribution is 5.84. The van der Waals surface area contributed by atoms with Crippen molar-refractivity contribution in [1.29, 1.82) is 0 Å². The van der Waals surface area contributed by atoms with E-state index < -0.39 is 0 Å². The Hall–Kier alpha value is -0.570. The number of carbonyl (C=O) groups excluding carboxylic acids is 1. The average molecular weight is 238 g/mol. The van der Waals surface area contributed by atoms with Crippen LogP contribution < -0.4 is 5.32 Å². The van der Waals surface area contributed by atoms with Gasteiger partial charge in [-0.2, -0.15) is 0 Å². The van der Waals surface area contributed by atoms with Crippen molar-refractivity contribution in [3.05, 3.63) is 0 Å². The lowest BCUT2D eigenvalue weighted by molar-refractivity contribution is -0.131. The topological polar surface area (TPSA) is 32.3 Å². The maximum atomic E-state index is 12.3. The van der Waals surface area contributed by atoms with Crippen LogP contribution in [0.5, 0.6) is 0 Å². The summed E-state index contributed by atoms with van der Waals surface area (Å²) in [5.41, 5.74) is 0. The van der Waals surface area contributed by atoms with E-state index in [1.54, 1.807) is 0 Å². The Kier molecular flexibility index (Phi) is 4.08. The van der Waals surface area contributed by atoms with Gasteiger partial charge in [-0.25, -0.2) is 0 Å². The Bertz CT molecular complexity index is 277. The van der Waals surface area contributed by atoms with Crippen LogP contribution in [-0.2, 0) is 4.79 Å². The minimum Gasteiger partial charge on any atom is -0.326 e. The number of hydrogen-bond donors (Lipinski definition) is 1. The molecule has 1 aliphatic carbocycles. The van der Waals surface area contributed by atoms with Gasteiger partial charge in [-0.05, 0) is 31.1 Å². The summed E-state index contributed by atoms with van der Waals surface area (Å²) in [5.74, 6) is 1.57. The summed E-state index contributed by atoms with van der Waals surface area (Å²) in [5, 5.41) is 3.36. The summed E-state index contributed by atoms with van der Waals surface area (Å²) in [6.45, 7) is 7.34. The van der Waals surface area contributed by atoms with Crippen molar-refractivity contribution < 1.29 is 4.79 Å². The van der Waals surface area contributed by atoms with Crippen LogP contribution in [0.25, 0.3) is 0 Å². The SMILES string of the molecule is CC1CCCC(N2CNC(C(C)C)C2=O)CC1. The van der Waals surface area contributed by atoms with Crippen LogP contribution in [-0.4, -0.2) is 29.6 Å². The molecule has 2 rings (SSSR count). The highest BCUT2D eigenvalue weighted by Gasteiger charge is 2.37. The van der Waals surface area contributed by atoms with Gasteiger partial charge in [0.2, 0.25) is 5.91 Å². The maximum Gasteiger partial charge on any atom is 0.241 e. The second-order valence-electron chi connectivity index (χ2n) is 6.16. The van der Waals surface area contributed by atoms with Crippen LogP contribution in [0.1, 0.15) is 52.9 Å². The molecule has 0 aromatic heterocycles. The van der Waals surface area contributed by atoms with Crippen LogP contribution >= 0.6 is 0 Å². The van der Waals surface area contributed by atoms with Crippen LogP contribution in [0.2, 0.25) is 0 Å². The van der Waals surface area contributed by atoms with Gasteiger partial charge in [-0.15, -0.1) is 0 Å². The predicted octanol–water partition coefficient (Wildman–Crippen LogP) is 2.37. The Morgan fingerprint density at radius 1 is 1.24 bits per heavy atom. The molecule has 1 saturated carbocycles. The Labute approximate surface area is 105 Å². The van der Waals surface area contributed by atoms with E-state index in [4.69, 9.17) is 0 Å². The largest absolute Gasteiger partial charge is 0.326 e. The third-order valence-corrected chi connectivity index (χ3v) is 4.37. The minimum atomic E-state index is 0.0516. The van der Waals surface area contributed by atoms with Crippen molar-refractivity contribution in [2.75, 3.05) is 6.67 Å². The molecule has 1 amide bonds. The molecule has 3 nitrogen and oxygen atoms in total. The smallest absolute Gasteiger partial charge is 0.241 e. The van der Waals surface area contributed by atoms with Crippen LogP contribution in [0.4, 0.5) is 0 Å². The molecule has 0 spiro atoms. The lowest BCUT2D eigenvalue weighted by Gasteiger charge is -2.26. The van der Waals surface area contributed by atoms with Crippen LogP contribution in [0, 0.1) is 11.8 Å². The fraction of sp³-hybridized carbons (Fsp3) is 0.929. The third-order valence-electron chi connectivity index (χ3n) is 4.37. The maximum absolute atomic E-state index is 12.3. The fourth-order valence-corrected chi connectivity index (χ4v) is 3.15. The molecular formula is C14H26N2O. The molecular weight excluding hydrogens is 212 g/mol. The molecule has 3 heteroatoms. The highest BCUT2D eigenvalue weighted by Crippen LogP contribution is 2.27. The molecule has 0 aromatic rings. The molecule has 0 bridgehead atoms. The van der Waals surface area contributed by atoms with Gasteiger partial charge in [0.25, 0.3) is 0 Å². The molecule has 98 valence electrons. The van der Waals surface area contributed by atoms with Crippen molar-refractivity contribution in [1.82, 2.24) is 10.2 Å². The number of hydrogen-bond acceptors (Lipinski definition) is 2. The van der Waals surface area contributed by atoms with Crippen molar-refractivity contribution >= 4 is 5.91 Å². The van der Waals surface area contributed by atoms with E-state index in [9.17, 15) is 4.79 Å². The molecule has 1 aliphatic heterocycles. The Morgan fingerprint density at radius 3 is 2.65 bits per heavy atom. The molecule has 2 aliphatic rings. The first kappa shape index (κ1) is 12.9. The molecule has 2 fully saturated rings. The lowest BCUT2D eigenvalue weighted by atomic mass is 10.0. The number of nitrogens with zero attached hydrogens (tertiary/aromatic N) is 1. The van der Waals surface area contributed by atoms with E-state index in [0.29, 0.717) is 17.9 Å². The van der Waals surface area contributed by atoms with Gasteiger partial charge in [-0.1, -0.05) is 33.6 Å². The summed E-state index contributed by atoms with van der Waals surface area (Å²) in [7, 11) is 0. The highest BCUT2D eigenvalue weighted by atomic mass is 16.2. The van der Waals surface area contributed by atoms with Gasteiger partial charge in [0.05, 0.1) is 12.7 Å². The van der Waals surface area contributed by atoms with Crippen LogP contribution in [0.15, 0.2) is 0 Å². The molecule has 3 atom stereocenters. The van der Waals surface area contributed by atoms with E-state index in [1.807, 2.05) is 0 Å². The van der Waals surface area contributed by atoms with E-state index in [1.165, 1.54) is 32.1 Å². The third kappa shape index (κ3) is 2.82. The second-order valence-corrected chi connectivity index (χ2v) is 6.16. The lowest BCUT2D eigenvalue weighted by Crippen LogP contribution is -2.39. The zero-order valence-corrected chi connectivity index (χ0v) is 11.4. The number of carbonyl (C=O) groups is 1. The monoisotopic (exact) mass is 238 g/mol. The van der Waals surface area contributed by atoms with Crippen molar-refractivity contribution in [3.8, 4) is 0 Å². The molecule has 1 saturated heterocycles. The molecule has 3 unspecified atom stereocenters. The van der Waals surface area contributed by atoms with Gasteiger partial charge in [0, 0.05) is 6.04 Å². The van der Waals surface area contributed by atoms with E-state index in [0.717, 1.165) is 12.6 Å². The zero-order chi connectivity index (χ0) is 12.4. The van der Waals surface area contributed by atoms with Gasteiger partial charge < -0.3 is 4.90 Å². The summed E-state index contributed by atoms with van der Waals surface area (Å²) >= 11 is 0. The van der Waals surface area contributed by atoms with E-state index in [-0.39, 0.29) is 6.04 Å². The normalized spacial score (nSPS) is 35.4. The van der Waals surface area contributed by atoms with Gasteiger partial charge in [-0.3, -0.25) is 10.1 Å². The summed E-state index contributed by atoms with van der Waals surface area (Å²) in [6.07, 6.45) is 6.28. The first-order chi connectivity index (χ1) is 8.09. The Balaban J connectivity index is 1.96. The summed E-state index contributed by atoms with van der Waals surface area (Å²) in [6, 6.07) is 0.541. The molecule has 17 heavy (non-hydrogen) atoms. The van der Waals surface area contributed by atoms with Gasteiger partial charge in [0.1, 0.15) is 0 Å². The average Bonchev–Trinajstić information content (AvgIpc) is 2.52. The first-order valence-electron chi connectivity index (χ1n) is 7.13. The molecule has 0 radical (unpaired) electrons. The second kappa shape index (κ2) is 5.38. The Morgan fingerprint density at radius 2 is 2.00 bits per heavy atom. The molecule has 1 heterocycles. The van der Waals surface area contributed by atoms with Crippen LogP contribution in [0.3, 0.4) is 0 Å². The number of amides is 1. The summed E-state index contributed by atoms with van der Waals surface area (Å²) in [4.78, 5) is 14.4. The van der Waals surface area contributed by atoms with Crippen molar-refractivity contribution in [3.63, 3.8) is 0 Å². The van der Waals surface area contributed by atoms with E-state index >= 15 is 0 Å².